The minimum absolute atomic E-state index is 0.130. The molecule has 2 saturated carbocycles. The van der Waals surface area contributed by atoms with E-state index < -0.39 is 5.60 Å². The molecule has 2 aliphatic rings. The Morgan fingerprint density at radius 3 is 2.00 bits per heavy atom. The van der Waals surface area contributed by atoms with Crippen molar-refractivity contribution in [1.29, 1.82) is 0 Å². The van der Waals surface area contributed by atoms with E-state index in [1.807, 2.05) is 13.8 Å². The van der Waals surface area contributed by atoms with Gasteiger partial charge in [-0.1, -0.05) is 20.8 Å². The van der Waals surface area contributed by atoms with E-state index in [-0.39, 0.29) is 16.9 Å². The van der Waals surface area contributed by atoms with Gasteiger partial charge in [0.25, 0.3) is 0 Å². The summed E-state index contributed by atoms with van der Waals surface area (Å²) < 4.78 is 0. The van der Waals surface area contributed by atoms with Crippen LogP contribution in [0.15, 0.2) is 0 Å². The average molecular weight is 240 g/mol. The zero-order valence-electron chi connectivity index (χ0n) is 12.0. The molecule has 0 unspecified atom stereocenters. The van der Waals surface area contributed by atoms with Crippen LogP contribution in [0.5, 0.6) is 0 Å². The molecule has 0 spiro atoms. The molecule has 2 rings (SSSR count). The summed E-state index contributed by atoms with van der Waals surface area (Å²) in [6.07, 6.45) is 4.08. The van der Waals surface area contributed by atoms with Crippen molar-refractivity contribution >= 4 is 0 Å². The van der Waals surface area contributed by atoms with Crippen LogP contribution in [-0.2, 0) is 0 Å². The molecule has 0 aromatic rings. The molecule has 17 heavy (non-hydrogen) atoms. The van der Waals surface area contributed by atoms with Gasteiger partial charge in [0.1, 0.15) is 0 Å². The summed E-state index contributed by atoms with van der Waals surface area (Å²) in [4.78, 5) is 0. The fraction of sp³-hybridized carbons (Fsp3) is 1.00. The van der Waals surface area contributed by atoms with E-state index in [0.717, 1.165) is 25.7 Å². The molecule has 2 heteroatoms. The highest BCUT2D eigenvalue weighted by molar-refractivity contribution is 5.07. The molecule has 2 N–H and O–H groups in total. The molecular formula is C15H28O2. The van der Waals surface area contributed by atoms with Gasteiger partial charge < -0.3 is 10.2 Å². The maximum absolute atomic E-state index is 10.3. The molecule has 0 amide bonds. The predicted octanol–water partition coefficient (Wildman–Crippen LogP) is 2.97. The highest BCUT2D eigenvalue weighted by Crippen LogP contribution is 2.61. The second-order valence-corrected chi connectivity index (χ2v) is 8.00. The van der Waals surface area contributed by atoms with E-state index in [2.05, 4.69) is 20.8 Å². The first kappa shape index (κ1) is 13.4. The Balaban J connectivity index is 2.18. The van der Waals surface area contributed by atoms with Crippen LogP contribution in [0.1, 0.15) is 60.3 Å². The van der Waals surface area contributed by atoms with Crippen LogP contribution < -0.4 is 0 Å². The summed E-state index contributed by atoms with van der Waals surface area (Å²) in [7, 11) is 0. The van der Waals surface area contributed by atoms with Crippen molar-refractivity contribution in [3.8, 4) is 0 Å². The Bertz CT molecular complexity index is 303. The summed E-state index contributed by atoms with van der Waals surface area (Å²) in [6.45, 7) is 10.6. The summed E-state index contributed by atoms with van der Waals surface area (Å²) in [5, 5.41) is 20.6. The van der Waals surface area contributed by atoms with Gasteiger partial charge in [-0.15, -0.1) is 0 Å². The highest BCUT2D eigenvalue weighted by Gasteiger charge is 2.58. The zero-order valence-corrected chi connectivity index (χ0v) is 12.0. The third-order valence-corrected chi connectivity index (χ3v) is 5.47. The van der Waals surface area contributed by atoms with Gasteiger partial charge in [-0.05, 0) is 62.2 Å². The molecule has 0 aliphatic heterocycles. The summed E-state index contributed by atoms with van der Waals surface area (Å²) in [6, 6.07) is 0. The SMILES string of the molecule is CC1(C)C[C@@H](O)[C@@H]([C@@]2(C)CC[C@H]2C(C)(C)O)C1. The number of aliphatic hydroxyl groups excluding tert-OH is 1. The van der Waals surface area contributed by atoms with Gasteiger partial charge in [-0.3, -0.25) is 0 Å². The largest absolute Gasteiger partial charge is 0.393 e. The van der Waals surface area contributed by atoms with Gasteiger partial charge in [0, 0.05) is 0 Å². The van der Waals surface area contributed by atoms with Crippen molar-refractivity contribution < 1.29 is 10.2 Å². The van der Waals surface area contributed by atoms with E-state index in [1.54, 1.807) is 0 Å². The number of aliphatic hydroxyl groups is 2. The van der Waals surface area contributed by atoms with Crippen LogP contribution in [0.25, 0.3) is 0 Å². The first-order chi connectivity index (χ1) is 7.56. The number of rotatable bonds is 2. The molecule has 0 bridgehead atoms. The molecule has 0 radical (unpaired) electrons. The smallest absolute Gasteiger partial charge is 0.0625 e. The van der Waals surface area contributed by atoms with E-state index in [1.165, 1.54) is 0 Å². The van der Waals surface area contributed by atoms with Crippen molar-refractivity contribution in [3.63, 3.8) is 0 Å². The van der Waals surface area contributed by atoms with Crippen LogP contribution in [0.2, 0.25) is 0 Å². The Kier molecular flexibility index (Phi) is 2.91. The zero-order chi connectivity index (χ0) is 13.1. The van der Waals surface area contributed by atoms with Crippen LogP contribution in [0.3, 0.4) is 0 Å². The molecule has 100 valence electrons. The highest BCUT2D eigenvalue weighted by atomic mass is 16.3. The van der Waals surface area contributed by atoms with Crippen molar-refractivity contribution in [2.45, 2.75) is 72.0 Å². The van der Waals surface area contributed by atoms with Gasteiger partial charge in [0.15, 0.2) is 0 Å². The predicted molar refractivity (Wildman–Crippen MR) is 69.6 cm³/mol. The fourth-order valence-corrected chi connectivity index (χ4v) is 4.54. The van der Waals surface area contributed by atoms with E-state index in [9.17, 15) is 10.2 Å². The van der Waals surface area contributed by atoms with Gasteiger partial charge in [0.05, 0.1) is 11.7 Å². The van der Waals surface area contributed by atoms with Gasteiger partial charge >= 0.3 is 0 Å². The number of hydrogen-bond acceptors (Lipinski definition) is 2. The topological polar surface area (TPSA) is 40.5 Å². The van der Waals surface area contributed by atoms with Gasteiger partial charge in [0.2, 0.25) is 0 Å². The lowest BCUT2D eigenvalue weighted by molar-refractivity contribution is -0.147. The maximum Gasteiger partial charge on any atom is 0.0625 e. The third-order valence-electron chi connectivity index (χ3n) is 5.47. The Morgan fingerprint density at radius 2 is 1.71 bits per heavy atom. The van der Waals surface area contributed by atoms with Crippen molar-refractivity contribution in [1.82, 2.24) is 0 Å². The molecule has 4 atom stereocenters. The maximum atomic E-state index is 10.3. The molecular weight excluding hydrogens is 212 g/mol. The number of hydrogen-bond donors (Lipinski definition) is 2. The molecule has 0 saturated heterocycles. The first-order valence-corrected chi connectivity index (χ1v) is 6.97. The minimum atomic E-state index is -0.612. The molecule has 0 heterocycles. The standard InChI is InChI=1S/C15H28O2/c1-13(2)8-10(11(16)9-13)15(5)7-6-12(15)14(3,4)17/h10-12,16-17H,6-9H2,1-5H3/t10-,11+,12-,15+/m0/s1. The normalized spacial score (nSPS) is 45.7. The van der Waals surface area contributed by atoms with Gasteiger partial charge in [-0.25, -0.2) is 0 Å². The second-order valence-electron chi connectivity index (χ2n) is 8.00. The summed E-state index contributed by atoms with van der Waals surface area (Å²) in [5.74, 6) is 0.700. The Hall–Kier alpha value is -0.0800. The van der Waals surface area contributed by atoms with Crippen LogP contribution >= 0.6 is 0 Å². The lowest BCUT2D eigenvalue weighted by Crippen LogP contribution is -2.54. The first-order valence-electron chi connectivity index (χ1n) is 6.97. The molecule has 2 nitrogen and oxygen atoms in total. The Labute approximate surface area is 105 Å². The van der Waals surface area contributed by atoms with Crippen LogP contribution in [0, 0.1) is 22.7 Å². The summed E-state index contributed by atoms with van der Waals surface area (Å²) >= 11 is 0. The average Bonchev–Trinajstić information content (AvgIpc) is 2.33. The van der Waals surface area contributed by atoms with Crippen LogP contribution in [0.4, 0.5) is 0 Å². The lowest BCUT2D eigenvalue weighted by atomic mass is 9.50. The minimum Gasteiger partial charge on any atom is -0.393 e. The summed E-state index contributed by atoms with van der Waals surface area (Å²) in [5.41, 5.74) is -0.224. The monoisotopic (exact) mass is 240 g/mol. The van der Waals surface area contributed by atoms with Crippen molar-refractivity contribution in [3.05, 3.63) is 0 Å². The van der Waals surface area contributed by atoms with E-state index in [4.69, 9.17) is 0 Å². The third kappa shape index (κ3) is 2.15. The van der Waals surface area contributed by atoms with Crippen molar-refractivity contribution in [2.24, 2.45) is 22.7 Å². The molecule has 2 aliphatic carbocycles. The molecule has 2 fully saturated rings. The fourth-order valence-electron chi connectivity index (χ4n) is 4.54. The second kappa shape index (κ2) is 3.71. The Morgan fingerprint density at radius 1 is 1.12 bits per heavy atom. The molecule has 0 aromatic heterocycles. The molecule has 0 aromatic carbocycles. The lowest BCUT2D eigenvalue weighted by Gasteiger charge is -2.56. The quantitative estimate of drug-likeness (QED) is 0.779. The van der Waals surface area contributed by atoms with E-state index in [0.29, 0.717) is 11.8 Å². The van der Waals surface area contributed by atoms with Crippen molar-refractivity contribution in [2.75, 3.05) is 0 Å². The van der Waals surface area contributed by atoms with Crippen LogP contribution in [-0.4, -0.2) is 21.9 Å². The van der Waals surface area contributed by atoms with E-state index >= 15 is 0 Å². The van der Waals surface area contributed by atoms with Gasteiger partial charge in [-0.2, -0.15) is 0 Å².